The SMILES string of the molecule is Cc1ccc(NC(=O)CC(c2ccc(F)cc2)c2ccc(OC(C)C)cc2)cc1. The Morgan fingerprint density at radius 1 is 0.897 bits per heavy atom. The summed E-state index contributed by atoms with van der Waals surface area (Å²) in [5.41, 5.74) is 3.77. The van der Waals surface area contributed by atoms with Gasteiger partial charge in [0.05, 0.1) is 6.10 Å². The fourth-order valence-corrected chi connectivity index (χ4v) is 3.21. The largest absolute Gasteiger partial charge is 0.491 e. The Bertz CT molecular complexity index is 932. The van der Waals surface area contributed by atoms with Crippen molar-refractivity contribution in [1.82, 2.24) is 0 Å². The highest BCUT2D eigenvalue weighted by Crippen LogP contribution is 2.30. The second-order valence-corrected chi connectivity index (χ2v) is 7.46. The van der Waals surface area contributed by atoms with Crippen LogP contribution in [0.2, 0.25) is 0 Å². The van der Waals surface area contributed by atoms with Crippen molar-refractivity contribution in [2.45, 2.75) is 39.2 Å². The summed E-state index contributed by atoms with van der Waals surface area (Å²) < 4.78 is 19.1. The van der Waals surface area contributed by atoms with Gasteiger partial charge in [0.1, 0.15) is 11.6 Å². The molecule has 0 heterocycles. The zero-order valence-electron chi connectivity index (χ0n) is 17.0. The summed E-state index contributed by atoms with van der Waals surface area (Å²) in [6.07, 6.45) is 0.346. The van der Waals surface area contributed by atoms with E-state index in [2.05, 4.69) is 5.32 Å². The molecule has 29 heavy (non-hydrogen) atoms. The van der Waals surface area contributed by atoms with Gasteiger partial charge in [-0.1, -0.05) is 42.0 Å². The van der Waals surface area contributed by atoms with Gasteiger partial charge in [0.15, 0.2) is 0 Å². The maximum atomic E-state index is 13.4. The quantitative estimate of drug-likeness (QED) is 0.530. The van der Waals surface area contributed by atoms with Crippen LogP contribution in [0.25, 0.3) is 0 Å². The van der Waals surface area contributed by atoms with Crippen LogP contribution in [0.1, 0.15) is 42.9 Å². The summed E-state index contributed by atoms with van der Waals surface area (Å²) >= 11 is 0. The Labute approximate surface area is 171 Å². The van der Waals surface area contributed by atoms with E-state index < -0.39 is 0 Å². The fraction of sp³-hybridized carbons (Fsp3) is 0.240. The standard InChI is InChI=1S/C25H26FNO2/c1-17(2)29-23-14-8-20(9-15-23)24(19-6-10-21(26)11-7-19)16-25(28)27-22-12-4-18(3)5-13-22/h4-15,17,24H,16H2,1-3H3,(H,27,28). The lowest BCUT2D eigenvalue weighted by molar-refractivity contribution is -0.116. The van der Waals surface area contributed by atoms with Crippen LogP contribution in [0.15, 0.2) is 72.8 Å². The Hall–Kier alpha value is -3.14. The molecule has 150 valence electrons. The van der Waals surface area contributed by atoms with Crippen molar-refractivity contribution in [1.29, 1.82) is 0 Å². The van der Waals surface area contributed by atoms with Crippen LogP contribution < -0.4 is 10.1 Å². The molecule has 0 aromatic heterocycles. The first-order chi connectivity index (χ1) is 13.9. The molecule has 3 aromatic carbocycles. The molecule has 0 saturated carbocycles. The van der Waals surface area contributed by atoms with Crippen LogP contribution in [-0.4, -0.2) is 12.0 Å². The third kappa shape index (κ3) is 5.92. The van der Waals surface area contributed by atoms with Gasteiger partial charge in [-0.15, -0.1) is 0 Å². The predicted molar refractivity (Wildman–Crippen MR) is 115 cm³/mol. The number of carbonyl (C=O) groups is 1. The smallest absolute Gasteiger partial charge is 0.225 e. The lowest BCUT2D eigenvalue weighted by atomic mass is 9.88. The molecule has 0 saturated heterocycles. The normalized spacial score (nSPS) is 11.9. The van der Waals surface area contributed by atoms with Crippen molar-refractivity contribution in [2.24, 2.45) is 0 Å². The number of halogens is 1. The zero-order valence-corrected chi connectivity index (χ0v) is 17.0. The Morgan fingerprint density at radius 2 is 1.45 bits per heavy atom. The van der Waals surface area contributed by atoms with Gasteiger partial charge in [0.2, 0.25) is 5.91 Å². The summed E-state index contributed by atoms with van der Waals surface area (Å²) in [6, 6.07) is 21.8. The predicted octanol–water partition coefficient (Wildman–Crippen LogP) is 6.08. The summed E-state index contributed by atoms with van der Waals surface area (Å²) in [4.78, 5) is 12.7. The topological polar surface area (TPSA) is 38.3 Å². The highest BCUT2D eigenvalue weighted by molar-refractivity contribution is 5.91. The number of rotatable bonds is 7. The summed E-state index contributed by atoms with van der Waals surface area (Å²) in [5.74, 6) is 0.211. The summed E-state index contributed by atoms with van der Waals surface area (Å²) in [6.45, 7) is 5.96. The van der Waals surface area contributed by atoms with Crippen LogP contribution in [0.5, 0.6) is 5.75 Å². The number of hydrogen-bond acceptors (Lipinski definition) is 2. The third-order valence-corrected chi connectivity index (χ3v) is 4.65. The highest BCUT2D eigenvalue weighted by atomic mass is 19.1. The van der Waals surface area contributed by atoms with Gasteiger partial charge in [-0.25, -0.2) is 4.39 Å². The van der Waals surface area contributed by atoms with Crippen molar-refractivity contribution in [2.75, 3.05) is 5.32 Å². The molecule has 0 aliphatic rings. The third-order valence-electron chi connectivity index (χ3n) is 4.65. The number of carbonyl (C=O) groups excluding carboxylic acids is 1. The number of benzene rings is 3. The first kappa shape index (κ1) is 20.6. The number of ether oxygens (including phenoxy) is 1. The molecule has 0 bridgehead atoms. The van der Waals surface area contributed by atoms with Gasteiger partial charge in [0, 0.05) is 18.0 Å². The maximum absolute atomic E-state index is 13.4. The van der Waals surface area contributed by atoms with E-state index in [9.17, 15) is 9.18 Å². The number of anilines is 1. The van der Waals surface area contributed by atoms with E-state index in [1.54, 1.807) is 12.1 Å². The van der Waals surface area contributed by atoms with E-state index in [0.29, 0.717) is 0 Å². The zero-order chi connectivity index (χ0) is 20.8. The molecule has 1 atom stereocenters. The molecule has 1 amide bonds. The van der Waals surface area contributed by atoms with Crippen molar-refractivity contribution in [3.8, 4) is 5.75 Å². The number of aryl methyl sites for hydroxylation is 1. The van der Waals surface area contributed by atoms with Gasteiger partial charge in [-0.3, -0.25) is 4.79 Å². The fourth-order valence-electron chi connectivity index (χ4n) is 3.21. The molecule has 1 N–H and O–H groups in total. The average Bonchev–Trinajstić information content (AvgIpc) is 2.69. The summed E-state index contributed by atoms with van der Waals surface area (Å²) in [5, 5.41) is 2.95. The molecular formula is C25H26FNO2. The molecule has 3 aromatic rings. The van der Waals surface area contributed by atoms with E-state index in [1.165, 1.54) is 12.1 Å². The van der Waals surface area contributed by atoms with E-state index in [0.717, 1.165) is 28.1 Å². The Kier molecular flexibility index (Phi) is 6.65. The van der Waals surface area contributed by atoms with E-state index in [-0.39, 0.29) is 30.2 Å². The van der Waals surface area contributed by atoms with Crippen LogP contribution in [0.4, 0.5) is 10.1 Å². The molecule has 0 aliphatic heterocycles. The minimum atomic E-state index is -0.294. The van der Waals surface area contributed by atoms with Crippen LogP contribution in [0.3, 0.4) is 0 Å². The first-order valence-corrected chi connectivity index (χ1v) is 9.79. The number of amides is 1. The highest BCUT2D eigenvalue weighted by Gasteiger charge is 2.19. The van der Waals surface area contributed by atoms with E-state index >= 15 is 0 Å². The monoisotopic (exact) mass is 391 g/mol. The van der Waals surface area contributed by atoms with Gasteiger partial charge in [-0.05, 0) is 68.3 Å². The minimum absolute atomic E-state index is 0.0917. The molecule has 0 radical (unpaired) electrons. The van der Waals surface area contributed by atoms with Crippen LogP contribution >= 0.6 is 0 Å². The number of hydrogen-bond donors (Lipinski definition) is 1. The van der Waals surface area contributed by atoms with Gasteiger partial charge < -0.3 is 10.1 Å². The molecule has 0 spiro atoms. The second-order valence-electron chi connectivity index (χ2n) is 7.46. The molecule has 3 nitrogen and oxygen atoms in total. The van der Waals surface area contributed by atoms with Crippen molar-refractivity contribution in [3.63, 3.8) is 0 Å². The van der Waals surface area contributed by atoms with Gasteiger partial charge >= 0.3 is 0 Å². The first-order valence-electron chi connectivity index (χ1n) is 9.79. The molecule has 3 rings (SSSR count). The van der Waals surface area contributed by atoms with Crippen molar-refractivity contribution < 1.29 is 13.9 Å². The molecule has 4 heteroatoms. The second kappa shape index (κ2) is 9.37. The molecule has 0 fully saturated rings. The van der Waals surface area contributed by atoms with Gasteiger partial charge in [-0.2, -0.15) is 0 Å². The number of nitrogens with one attached hydrogen (secondary N) is 1. The Balaban J connectivity index is 1.82. The van der Waals surface area contributed by atoms with E-state index in [4.69, 9.17) is 4.74 Å². The minimum Gasteiger partial charge on any atom is -0.491 e. The van der Waals surface area contributed by atoms with Crippen LogP contribution in [-0.2, 0) is 4.79 Å². The van der Waals surface area contributed by atoms with E-state index in [1.807, 2.05) is 69.3 Å². The molecule has 0 aliphatic carbocycles. The average molecular weight is 391 g/mol. The lowest BCUT2D eigenvalue weighted by Gasteiger charge is -2.19. The molecular weight excluding hydrogens is 365 g/mol. The van der Waals surface area contributed by atoms with Crippen molar-refractivity contribution in [3.05, 3.63) is 95.3 Å². The maximum Gasteiger partial charge on any atom is 0.225 e. The van der Waals surface area contributed by atoms with Crippen LogP contribution in [0, 0.1) is 12.7 Å². The Morgan fingerprint density at radius 3 is 2.00 bits per heavy atom. The van der Waals surface area contributed by atoms with Crippen molar-refractivity contribution >= 4 is 11.6 Å². The molecule has 1 unspecified atom stereocenters. The lowest BCUT2D eigenvalue weighted by Crippen LogP contribution is -2.16. The van der Waals surface area contributed by atoms with Gasteiger partial charge in [0.25, 0.3) is 0 Å². The summed E-state index contributed by atoms with van der Waals surface area (Å²) in [7, 11) is 0.